The van der Waals surface area contributed by atoms with Crippen LogP contribution in [0.25, 0.3) is 0 Å². The van der Waals surface area contributed by atoms with Gasteiger partial charge in [0.15, 0.2) is 11.5 Å². The molecule has 0 saturated carbocycles. The predicted octanol–water partition coefficient (Wildman–Crippen LogP) is -0.497. The van der Waals surface area contributed by atoms with Gasteiger partial charge in [0.2, 0.25) is 0 Å². The summed E-state index contributed by atoms with van der Waals surface area (Å²) in [6.45, 7) is 1.40. The third-order valence-corrected chi connectivity index (χ3v) is 2.83. The smallest absolute Gasteiger partial charge is 0.271 e. The quantitative estimate of drug-likeness (QED) is 0.717. The fraction of sp³-hybridized carbons (Fsp3) is 0.500. The minimum Gasteiger partial charge on any atom is -0.364 e. The zero-order valence-electron chi connectivity index (χ0n) is 8.97. The molecule has 0 aliphatic carbocycles. The van der Waals surface area contributed by atoms with Gasteiger partial charge in [-0.15, -0.1) is 0 Å². The van der Waals surface area contributed by atoms with E-state index in [1.807, 2.05) is 4.90 Å². The minimum atomic E-state index is -0.550. The van der Waals surface area contributed by atoms with Crippen LogP contribution in [0.4, 0.5) is 5.82 Å². The molecule has 1 aliphatic heterocycles. The number of carbonyl (C=O) groups excluding carboxylic acids is 1. The Labute approximate surface area is 93.7 Å². The summed E-state index contributed by atoms with van der Waals surface area (Å²) in [6, 6.07) is 0.231. The van der Waals surface area contributed by atoms with Crippen LogP contribution in [0.1, 0.15) is 23.3 Å². The van der Waals surface area contributed by atoms with Crippen LogP contribution in [-0.4, -0.2) is 35.0 Å². The summed E-state index contributed by atoms with van der Waals surface area (Å²) in [4.78, 5) is 21.4. The second-order valence-corrected chi connectivity index (χ2v) is 3.82. The maximum absolute atomic E-state index is 11.2. The molecule has 86 valence electrons. The molecule has 0 aromatic carbocycles. The summed E-state index contributed by atoms with van der Waals surface area (Å²) >= 11 is 0. The van der Waals surface area contributed by atoms with Crippen molar-refractivity contribution in [2.45, 2.75) is 18.9 Å². The minimum absolute atomic E-state index is 0.225. The van der Waals surface area contributed by atoms with E-state index in [1.165, 1.54) is 6.20 Å². The summed E-state index contributed by atoms with van der Waals surface area (Å²) in [5, 5.41) is 0. The zero-order valence-corrected chi connectivity index (χ0v) is 8.97. The van der Waals surface area contributed by atoms with Crippen LogP contribution in [0.2, 0.25) is 0 Å². The lowest BCUT2D eigenvalue weighted by Gasteiger charge is -2.25. The lowest BCUT2D eigenvalue weighted by atomic mass is 10.2. The third-order valence-electron chi connectivity index (χ3n) is 2.83. The number of nitrogens with two attached hydrogens (primary N) is 2. The van der Waals surface area contributed by atoms with E-state index in [2.05, 4.69) is 9.97 Å². The van der Waals surface area contributed by atoms with Crippen LogP contribution in [-0.2, 0) is 0 Å². The molecule has 0 spiro atoms. The van der Waals surface area contributed by atoms with Gasteiger partial charge >= 0.3 is 0 Å². The number of carbonyl (C=O) groups is 1. The highest BCUT2D eigenvalue weighted by atomic mass is 16.1. The first-order valence-corrected chi connectivity index (χ1v) is 5.31. The number of anilines is 1. The Morgan fingerprint density at radius 2 is 2.25 bits per heavy atom. The standard InChI is InChI=1S/C10H15N5O/c11-6-7-2-1-5-15(7)10-8(9(12)16)13-3-4-14-10/h3-4,7H,1-2,5-6,11H2,(H2,12,16). The number of amides is 1. The topological polar surface area (TPSA) is 98.1 Å². The number of rotatable bonds is 3. The van der Waals surface area contributed by atoms with Gasteiger partial charge in [0, 0.05) is 31.5 Å². The van der Waals surface area contributed by atoms with Crippen LogP contribution in [0.15, 0.2) is 12.4 Å². The van der Waals surface area contributed by atoms with Crippen LogP contribution >= 0.6 is 0 Å². The van der Waals surface area contributed by atoms with Crippen molar-refractivity contribution < 1.29 is 4.79 Å². The summed E-state index contributed by atoms with van der Waals surface area (Å²) < 4.78 is 0. The fourth-order valence-corrected chi connectivity index (χ4v) is 2.07. The molecule has 6 heteroatoms. The average molecular weight is 221 g/mol. The van der Waals surface area contributed by atoms with Crippen LogP contribution < -0.4 is 16.4 Å². The fourth-order valence-electron chi connectivity index (χ4n) is 2.07. The summed E-state index contributed by atoms with van der Waals surface area (Å²) in [5.41, 5.74) is 11.2. The monoisotopic (exact) mass is 221 g/mol. The Bertz CT molecular complexity index is 395. The highest BCUT2D eigenvalue weighted by Gasteiger charge is 2.27. The summed E-state index contributed by atoms with van der Waals surface area (Å²) in [5.74, 6) is 0.00808. The van der Waals surface area contributed by atoms with Gasteiger partial charge in [0.1, 0.15) is 0 Å². The Hall–Kier alpha value is -1.69. The molecule has 16 heavy (non-hydrogen) atoms. The van der Waals surface area contributed by atoms with E-state index in [0.29, 0.717) is 12.4 Å². The molecule has 1 saturated heterocycles. The van der Waals surface area contributed by atoms with Gasteiger partial charge in [0.25, 0.3) is 5.91 Å². The van der Waals surface area contributed by atoms with E-state index in [1.54, 1.807) is 6.20 Å². The highest BCUT2D eigenvalue weighted by molar-refractivity contribution is 5.95. The Balaban J connectivity index is 2.35. The number of hydrogen-bond donors (Lipinski definition) is 2. The maximum Gasteiger partial charge on any atom is 0.271 e. The highest BCUT2D eigenvalue weighted by Crippen LogP contribution is 2.24. The van der Waals surface area contributed by atoms with E-state index < -0.39 is 5.91 Å². The van der Waals surface area contributed by atoms with Gasteiger partial charge in [-0.2, -0.15) is 0 Å². The molecule has 1 unspecified atom stereocenters. The van der Waals surface area contributed by atoms with Gasteiger partial charge in [-0.1, -0.05) is 0 Å². The van der Waals surface area contributed by atoms with E-state index in [-0.39, 0.29) is 11.7 Å². The molecule has 0 radical (unpaired) electrons. The molecular weight excluding hydrogens is 206 g/mol. The van der Waals surface area contributed by atoms with Crippen molar-refractivity contribution in [1.82, 2.24) is 9.97 Å². The largest absolute Gasteiger partial charge is 0.364 e. The van der Waals surface area contributed by atoms with Crippen molar-refractivity contribution in [2.75, 3.05) is 18.0 Å². The molecule has 1 aromatic rings. The lowest BCUT2D eigenvalue weighted by Crippen LogP contribution is -2.37. The van der Waals surface area contributed by atoms with E-state index >= 15 is 0 Å². The summed E-state index contributed by atoms with van der Waals surface area (Å²) in [7, 11) is 0. The van der Waals surface area contributed by atoms with Gasteiger partial charge in [-0.3, -0.25) is 4.79 Å². The zero-order chi connectivity index (χ0) is 11.5. The molecule has 1 amide bonds. The molecule has 1 fully saturated rings. The Morgan fingerprint density at radius 1 is 1.50 bits per heavy atom. The lowest BCUT2D eigenvalue weighted by molar-refractivity contribution is 0.0995. The molecule has 6 nitrogen and oxygen atoms in total. The van der Waals surface area contributed by atoms with Crippen molar-refractivity contribution in [2.24, 2.45) is 11.5 Å². The predicted molar refractivity (Wildman–Crippen MR) is 60.0 cm³/mol. The third kappa shape index (κ3) is 1.83. The number of aromatic nitrogens is 2. The van der Waals surface area contributed by atoms with Crippen LogP contribution in [0.3, 0.4) is 0 Å². The van der Waals surface area contributed by atoms with Crippen molar-refractivity contribution in [3.05, 3.63) is 18.1 Å². The van der Waals surface area contributed by atoms with Crippen molar-refractivity contribution in [3.8, 4) is 0 Å². The molecule has 2 rings (SSSR count). The van der Waals surface area contributed by atoms with Gasteiger partial charge in [0.05, 0.1) is 0 Å². The first-order chi connectivity index (χ1) is 7.74. The van der Waals surface area contributed by atoms with Gasteiger partial charge < -0.3 is 16.4 Å². The van der Waals surface area contributed by atoms with Crippen molar-refractivity contribution in [1.29, 1.82) is 0 Å². The molecule has 1 aromatic heterocycles. The Morgan fingerprint density at radius 3 is 2.94 bits per heavy atom. The average Bonchev–Trinajstić information content (AvgIpc) is 2.76. The normalized spacial score (nSPS) is 20.1. The van der Waals surface area contributed by atoms with Crippen LogP contribution in [0.5, 0.6) is 0 Å². The second kappa shape index (κ2) is 4.44. The van der Waals surface area contributed by atoms with Gasteiger partial charge in [-0.05, 0) is 12.8 Å². The number of primary amides is 1. The molecular formula is C10H15N5O. The molecule has 4 N–H and O–H groups in total. The molecule has 1 atom stereocenters. The molecule has 2 heterocycles. The summed E-state index contributed by atoms with van der Waals surface area (Å²) in [6.07, 6.45) is 5.10. The van der Waals surface area contributed by atoms with Crippen molar-refractivity contribution in [3.63, 3.8) is 0 Å². The van der Waals surface area contributed by atoms with E-state index in [9.17, 15) is 4.79 Å². The SMILES string of the molecule is NCC1CCCN1c1nccnc1C(N)=O. The Kier molecular flexibility index (Phi) is 3.00. The van der Waals surface area contributed by atoms with E-state index in [0.717, 1.165) is 19.4 Å². The van der Waals surface area contributed by atoms with E-state index in [4.69, 9.17) is 11.5 Å². The van der Waals surface area contributed by atoms with Crippen molar-refractivity contribution >= 4 is 11.7 Å². The molecule has 1 aliphatic rings. The number of hydrogen-bond acceptors (Lipinski definition) is 5. The first-order valence-electron chi connectivity index (χ1n) is 5.31. The maximum atomic E-state index is 11.2. The van der Waals surface area contributed by atoms with Gasteiger partial charge in [-0.25, -0.2) is 9.97 Å². The molecule has 0 bridgehead atoms. The first kappa shape index (κ1) is 10.8. The van der Waals surface area contributed by atoms with Crippen LogP contribution in [0, 0.1) is 0 Å². The number of nitrogens with zero attached hydrogens (tertiary/aromatic N) is 3. The second-order valence-electron chi connectivity index (χ2n) is 3.82.